The van der Waals surface area contributed by atoms with E-state index in [1.165, 1.54) is 7.11 Å². The molecular formula is C4H9FO2S. The third kappa shape index (κ3) is 4.21. The summed E-state index contributed by atoms with van der Waals surface area (Å²) in [4.78, 5) is 0. The Kier molecular flexibility index (Phi) is 5.21. The zero-order valence-corrected chi connectivity index (χ0v) is 5.54. The maximum Gasteiger partial charge on any atom is 0.155 e. The summed E-state index contributed by atoms with van der Waals surface area (Å²) in [5.74, 6) is 0.299. The van der Waals surface area contributed by atoms with Crippen molar-refractivity contribution in [2.45, 2.75) is 6.42 Å². The van der Waals surface area contributed by atoms with Gasteiger partial charge in [0, 0.05) is 0 Å². The van der Waals surface area contributed by atoms with Crippen molar-refractivity contribution in [1.29, 1.82) is 0 Å². The molecule has 0 spiro atoms. The van der Waals surface area contributed by atoms with Crippen LogP contribution in [0, 0.1) is 0 Å². The van der Waals surface area contributed by atoms with E-state index < -0.39 is 17.8 Å². The van der Waals surface area contributed by atoms with Crippen molar-refractivity contribution in [2.24, 2.45) is 0 Å². The molecule has 0 amide bonds. The number of hydrogen-bond acceptors (Lipinski definition) is 2. The van der Waals surface area contributed by atoms with Gasteiger partial charge in [-0.25, -0.2) is 4.21 Å². The van der Waals surface area contributed by atoms with Crippen molar-refractivity contribution >= 4 is 11.1 Å². The molecule has 0 aromatic carbocycles. The van der Waals surface area contributed by atoms with Crippen molar-refractivity contribution < 1.29 is 12.8 Å². The van der Waals surface area contributed by atoms with Gasteiger partial charge in [0.25, 0.3) is 0 Å². The Labute approximate surface area is 50.7 Å². The zero-order chi connectivity index (χ0) is 6.41. The molecular weight excluding hydrogens is 131 g/mol. The summed E-state index contributed by atoms with van der Waals surface area (Å²) in [7, 11) is 1.34. The predicted octanol–water partition coefficient (Wildman–Crippen LogP) is 0.656. The first-order chi connectivity index (χ1) is 3.81. The Morgan fingerprint density at radius 1 is 1.75 bits per heavy atom. The van der Waals surface area contributed by atoms with E-state index in [1.54, 1.807) is 0 Å². The molecule has 0 N–H and O–H groups in total. The van der Waals surface area contributed by atoms with Crippen LogP contribution in [-0.4, -0.2) is 23.7 Å². The monoisotopic (exact) mass is 140 g/mol. The van der Waals surface area contributed by atoms with Gasteiger partial charge in [-0.1, -0.05) is 0 Å². The molecule has 4 heteroatoms. The topological polar surface area (TPSA) is 26.3 Å². The largest absolute Gasteiger partial charge is 0.294 e. The van der Waals surface area contributed by atoms with Crippen LogP contribution in [0.5, 0.6) is 0 Å². The highest BCUT2D eigenvalue weighted by Crippen LogP contribution is 1.87. The van der Waals surface area contributed by atoms with Crippen LogP contribution in [-0.2, 0) is 15.3 Å². The van der Waals surface area contributed by atoms with E-state index in [0.717, 1.165) is 0 Å². The SMILES string of the molecule is COS(=O)CCCF. The second-order valence-electron chi connectivity index (χ2n) is 1.22. The fraction of sp³-hybridized carbons (Fsp3) is 1.00. The molecule has 1 unspecified atom stereocenters. The summed E-state index contributed by atoms with van der Waals surface area (Å²) >= 11 is -1.27. The molecule has 50 valence electrons. The molecule has 1 atom stereocenters. The van der Waals surface area contributed by atoms with Crippen LogP contribution in [0.15, 0.2) is 0 Å². The first kappa shape index (κ1) is 8.04. The van der Waals surface area contributed by atoms with Crippen molar-refractivity contribution in [1.82, 2.24) is 0 Å². The summed E-state index contributed by atoms with van der Waals surface area (Å²) in [6.45, 7) is -0.422. The maximum atomic E-state index is 11.3. The van der Waals surface area contributed by atoms with Gasteiger partial charge in [0.15, 0.2) is 11.1 Å². The van der Waals surface area contributed by atoms with Gasteiger partial charge in [-0.15, -0.1) is 0 Å². The molecule has 0 aliphatic heterocycles. The van der Waals surface area contributed by atoms with Crippen LogP contribution < -0.4 is 0 Å². The number of alkyl halides is 1. The van der Waals surface area contributed by atoms with Crippen LogP contribution in [0.3, 0.4) is 0 Å². The van der Waals surface area contributed by atoms with E-state index in [9.17, 15) is 8.60 Å². The van der Waals surface area contributed by atoms with E-state index in [0.29, 0.717) is 12.2 Å². The molecule has 0 aliphatic carbocycles. The summed E-state index contributed by atoms with van der Waals surface area (Å²) < 4.78 is 26.0. The fourth-order valence-electron chi connectivity index (χ4n) is 0.256. The van der Waals surface area contributed by atoms with E-state index >= 15 is 0 Å². The van der Waals surface area contributed by atoms with E-state index in [4.69, 9.17) is 0 Å². The quantitative estimate of drug-likeness (QED) is 0.573. The van der Waals surface area contributed by atoms with Gasteiger partial charge < -0.3 is 0 Å². The minimum atomic E-state index is -1.27. The minimum Gasteiger partial charge on any atom is -0.294 e. The first-order valence-corrected chi connectivity index (χ1v) is 3.54. The highest BCUT2D eigenvalue weighted by molar-refractivity contribution is 7.80. The summed E-state index contributed by atoms with van der Waals surface area (Å²) in [6, 6.07) is 0. The molecule has 0 fully saturated rings. The second-order valence-corrected chi connectivity index (χ2v) is 2.57. The van der Waals surface area contributed by atoms with Gasteiger partial charge in [-0.05, 0) is 6.42 Å². The van der Waals surface area contributed by atoms with Gasteiger partial charge >= 0.3 is 0 Å². The van der Waals surface area contributed by atoms with Gasteiger partial charge in [0.1, 0.15) is 0 Å². The lowest BCUT2D eigenvalue weighted by atomic mass is 10.6. The Balaban J connectivity index is 2.99. The van der Waals surface area contributed by atoms with E-state index in [2.05, 4.69) is 4.18 Å². The number of rotatable bonds is 4. The van der Waals surface area contributed by atoms with Crippen molar-refractivity contribution in [3.8, 4) is 0 Å². The second kappa shape index (κ2) is 5.18. The van der Waals surface area contributed by atoms with Crippen LogP contribution in [0.4, 0.5) is 4.39 Å². The van der Waals surface area contributed by atoms with Crippen LogP contribution >= 0.6 is 0 Å². The average molecular weight is 140 g/mol. The Hall–Kier alpha value is 0.0400. The molecule has 0 aromatic rings. The Bertz CT molecular complexity index is 76.4. The molecule has 8 heavy (non-hydrogen) atoms. The Morgan fingerprint density at radius 2 is 2.38 bits per heavy atom. The number of halogens is 1. The van der Waals surface area contributed by atoms with Crippen LogP contribution in [0.1, 0.15) is 6.42 Å². The van der Waals surface area contributed by atoms with Gasteiger partial charge in [0.05, 0.1) is 19.5 Å². The minimum absolute atomic E-state index is 0.299. The molecule has 0 aliphatic rings. The molecule has 2 nitrogen and oxygen atoms in total. The summed E-state index contributed by atoms with van der Waals surface area (Å²) in [5.41, 5.74) is 0. The fourth-order valence-corrected chi connectivity index (χ4v) is 0.767. The van der Waals surface area contributed by atoms with Crippen molar-refractivity contribution in [2.75, 3.05) is 19.5 Å². The highest BCUT2D eigenvalue weighted by atomic mass is 32.2. The number of hydrogen-bond donors (Lipinski definition) is 0. The third-order valence-electron chi connectivity index (χ3n) is 0.631. The average Bonchev–Trinajstić information content (AvgIpc) is 1.83. The first-order valence-electron chi connectivity index (χ1n) is 2.30. The van der Waals surface area contributed by atoms with Crippen molar-refractivity contribution in [3.05, 3.63) is 0 Å². The Morgan fingerprint density at radius 3 is 2.75 bits per heavy atom. The van der Waals surface area contributed by atoms with Crippen LogP contribution in [0.25, 0.3) is 0 Å². The molecule has 0 rings (SSSR count). The third-order valence-corrected chi connectivity index (χ3v) is 1.62. The zero-order valence-electron chi connectivity index (χ0n) is 4.72. The maximum absolute atomic E-state index is 11.3. The molecule has 0 radical (unpaired) electrons. The molecule has 0 heterocycles. The van der Waals surface area contributed by atoms with E-state index in [1.807, 2.05) is 0 Å². The smallest absolute Gasteiger partial charge is 0.155 e. The van der Waals surface area contributed by atoms with Crippen LogP contribution in [0.2, 0.25) is 0 Å². The molecule has 0 bridgehead atoms. The molecule has 0 aromatic heterocycles. The van der Waals surface area contributed by atoms with Crippen molar-refractivity contribution in [3.63, 3.8) is 0 Å². The standard InChI is InChI=1S/C4H9FO2S/c1-7-8(6)4-2-3-5/h2-4H2,1H3. The normalized spacial score (nSPS) is 13.8. The summed E-state index contributed by atoms with van der Waals surface area (Å²) in [5, 5.41) is 0. The lowest BCUT2D eigenvalue weighted by molar-refractivity contribution is 0.436. The lowest BCUT2D eigenvalue weighted by Gasteiger charge is -1.92. The van der Waals surface area contributed by atoms with Gasteiger partial charge in [-0.2, -0.15) is 0 Å². The van der Waals surface area contributed by atoms with Gasteiger partial charge in [-0.3, -0.25) is 8.57 Å². The summed E-state index contributed by atoms with van der Waals surface area (Å²) in [6.07, 6.45) is 0.320. The predicted molar refractivity (Wildman–Crippen MR) is 30.6 cm³/mol. The lowest BCUT2D eigenvalue weighted by Crippen LogP contribution is -1.98. The molecule has 0 saturated carbocycles. The molecule has 0 saturated heterocycles. The van der Waals surface area contributed by atoms with Gasteiger partial charge in [0.2, 0.25) is 0 Å². The highest BCUT2D eigenvalue weighted by Gasteiger charge is 1.93. The van der Waals surface area contributed by atoms with E-state index in [-0.39, 0.29) is 0 Å².